The molecule has 1 heterocycles. The first-order valence-corrected chi connectivity index (χ1v) is 10.7. The number of epoxide rings is 1. The van der Waals surface area contributed by atoms with Crippen LogP contribution in [0.25, 0.3) is 0 Å². The fraction of sp³-hybridized carbons (Fsp3) is 0.294. The summed E-state index contributed by atoms with van der Waals surface area (Å²) in [7, 11) is -8.11. The molecular weight excluding hydrogens is 348 g/mol. The van der Waals surface area contributed by atoms with E-state index in [2.05, 4.69) is 0 Å². The summed E-state index contributed by atoms with van der Waals surface area (Å²) in [5, 5.41) is 0. The molecule has 0 radical (unpaired) electrons. The van der Waals surface area contributed by atoms with Gasteiger partial charge >= 0.3 is 0 Å². The van der Waals surface area contributed by atoms with Gasteiger partial charge in [0.1, 0.15) is 0 Å². The molecule has 3 rings (SSSR count). The number of benzene rings is 2. The van der Waals surface area contributed by atoms with Crippen LogP contribution in [0, 0.1) is 0 Å². The highest BCUT2D eigenvalue weighted by Crippen LogP contribution is 2.34. The predicted octanol–water partition coefficient (Wildman–Crippen LogP) is 2.44. The lowest BCUT2D eigenvalue weighted by Gasteiger charge is -2.18. The van der Waals surface area contributed by atoms with Gasteiger partial charge in [-0.25, -0.2) is 16.8 Å². The molecule has 2 aromatic carbocycles. The average Bonchev–Trinajstić information content (AvgIpc) is 3.29. The number of hydrogen-bond acceptors (Lipinski definition) is 5. The van der Waals surface area contributed by atoms with Crippen LogP contribution in [0.1, 0.15) is 13.3 Å². The molecule has 0 amide bonds. The Morgan fingerprint density at radius 1 is 0.833 bits per heavy atom. The molecule has 2 aromatic rings. The normalized spacial score (nSPS) is 20.9. The van der Waals surface area contributed by atoms with Gasteiger partial charge in [-0.05, 0) is 31.2 Å². The molecule has 1 fully saturated rings. The van der Waals surface area contributed by atoms with Gasteiger partial charge in [0.05, 0.1) is 22.0 Å². The van der Waals surface area contributed by atoms with Gasteiger partial charge in [0.2, 0.25) is 0 Å². The van der Waals surface area contributed by atoms with E-state index in [4.69, 9.17) is 4.74 Å². The first-order valence-electron chi connectivity index (χ1n) is 7.57. The van der Waals surface area contributed by atoms with Gasteiger partial charge in [-0.3, -0.25) is 0 Å². The Labute approximate surface area is 142 Å². The lowest BCUT2D eigenvalue weighted by Crippen LogP contribution is -2.32. The molecule has 0 unspecified atom stereocenters. The van der Waals surface area contributed by atoms with Crippen molar-refractivity contribution in [2.75, 3.05) is 0 Å². The van der Waals surface area contributed by atoms with Crippen molar-refractivity contribution >= 4 is 19.7 Å². The Kier molecular flexibility index (Phi) is 4.50. The second kappa shape index (κ2) is 6.31. The Balaban J connectivity index is 2.07. The minimum absolute atomic E-state index is 0.00260. The SMILES string of the molecule is C[C@@H]1O[C@H]1CC(S(=O)(=O)c1ccccc1)S(=O)(=O)c1ccccc1. The van der Waals surface area contributed by atoms with E-state index in [1.165, 1.54) is 24.3 Å². The molecule has 24 heavy (non-hydrogen) atoms. The summed E-state index contributed by atoms with van der Waals surface area (Å²) < 4.78 is 55.7. The van der Waals surface area contributed by atoms with Crippen LogP contribution in [0.3, 0.4) is 0 Å². The first kappa shape index (κ1) is 17.1. The summed E-state index contributed by atoms with van der Waals surface area (Å²) in [5.74, 6) is 0. The molecule has 1 aliphatic heterocycles. The zero-order valence-electron chi connectivity index (χ0n) is 13.1. The second-order valence-electron chi connectivity index (χ2n) is 5.76. The molecule has 0 spiro atoms. The molecule has 0 aliphatic carbocycles. The van der Waals surface area contributed by atoms with Crippen LogP contribution in [0.5, 0.6) is 0 Å². The van der Waals surface area contributed by atoms with E-state index in [1.54, 1.807) is 43.3 Å². The van der Waals surface area contributed by atoms with E-state index in [0.717, 1.165) is 0 Å². The van der Waals surface area contributed by atoms with Gasteiger partial charge in [-0.2, -0.15) is 0 Å². The summed E-state index contributed by atoms with van der Waals surface area (Å²) in [6.45, 7) is 1.80. The zero-order valence-corrected chi connectivity index (χ0v) is 14.7. The zero-order chi connectivity index (χ0) is 17.4. The molecule has 0 bridgehead atoms. The minimum Gasteiger partial charge on any atom is -0.370 e. The highest BCUT2D eigenvalue weighted by Gasteiger charge is 2.46. The second-order valence-corrected chi connectivity index (χ2v) is 10.3. The third-order valence-electron chi connectivity index (χ3n) is 4.10. The maximum absolute atomic E-state index is 13.0. The lowest BCUT2D eigenvalue weighted by molar-refractivity contribution is 0.372. The van der Waals surface area contributed by atoms with Crippen LogP contribution in [0.2, 0.25) is 0 Å². The van der Waals surface area contributed by atoms with E-state index in [0.29, 0.717) is 0 Å². The van der Waals surface area contributed by atoms with E-state index < -0.39 is 24.3 Å². The van der Waals surface area contributed by atoms with Crippen molar-refractivity contribution in [3.05, 3.63) is 60.7 Å². The highest BCUT2D eigenvalue weighted by molar-refractivity contribution is 8.09. The highest BCUT2D eigenvalue weighted by atomic mass is 32.3. The molecule has 128 valence electrons. The van der Waals surface area contributed by atoms with Gasteiger partial charge in [0.25, 0.3) is 0 Å². The average molecular weight is 366 g/mol. The summed E-state index contributed by atoms with van der Waals surface area (Å²) >= 11 is 0. The molecule has 0 saturated carbocycles. The Morgan fingerprint density at radius 2 is 1.21 bits per heavy atom. The first-order chi connectivity index (χ1) is 11.3. The van der Waals surface area contributed by atoms with Gasteiger partial charge in [-0.15, -0.1) is 0 Å². The van der Waals surface area contributed by atoms with Crippen LogP contribution in [-0.2, 0) is 24.4 Å². The molecule has 1 aliphatic rings. The third-order valence-corrected chi connectivity index (χ3v) is 9.24. The van der Waals surface area contributed by atoms with Gasteiger partial charge in [0, 0.05) is 6.42 Å². The van der Waals surface area contributed by atoms with Crippen LogP contribution >= 0.6 is 0 Å². The molecule has 0 N–H and O–H groups in total. The molecular formula is C17H18O5S2. The maximum Gasteiger partial charge on any atom is 0.196 e. The molecule has 0 aromatic heterocycles. The van der Waals surface area contributed by atoms with Crippen molar-refractivity contribution in [2.24, 2.45) is 0 Å². The lowest BCUT2D eigenvalue weighted by atomic mass is 10.3. The third kappa shape index (κ3) is 3.24. The monoisotopic (exact) mass is 366 g/mol. The number of rotatable bonds is 6. The Hall–Kier alpha value is -1.70. The van der Waals surface area contributed by atoms with Crippen molar-refractivity contribution in [3.8, 4) is 0 Å². The van der Waals surface area contributed by atoms with Gasteiger partial charge < -0.3 is 4.74 Å². The minimum atomic E-state index is -4.05. The van der Waals surface area contributed by atoms with Crippen LogP contribution in [0.4, 0.5) is 0 Å². The van der Waals surface area contributed by atoms with Crippen LogP contribution in [-0.4, -0.2) is 33.6 Å². The topological polar surface area (TPSA) is 80.8 Å². The quantitative estimate of drug-likeness (QED) is 0.734. The summed E-state index contributed by atoms with van der Waals surface area (Å²) in [6, 6.07) is 15.4. The number of ether oxygens (including phenoxy) is 1. The van der Waals surface area contributed by atoms with Gasteiger partial charge in [0.15, 0.2) is 24.3 Å². The van der Waals surface area contributed by atoms with Crippen molar-refractivity contribution < 1.29 is 21.6 Å². The fourth-order valence-corrected chi connectivity index (χ4v) is 7.18. The molecule has 1 saturated heterocycles. The number of sulfone groups is 2. The van der Waals surface area contributed by atoms with Gasteiger partial charge in [-0.1, -0.05) is 36.4 Å². The van der Waals surface area contributed by atoms with Crippen molar-refractivity contribution in [1.82, 2.24) is 0 Å². The molecule has 2 atom stereocenters. The van der Waals surface area contributed by atoms with E-state index in [9.17, 15) is 16.8 Å². The Bertz CT molecular complexity index is 836. The van der Waals surface area contributed by atoms with Crippen molar-refractivity contribution in [1.29, 1.82) is 0 Å². The fourth-order valence-electron chi connectivity index (χ4n) is 2.61. The predicted molar refractivity (Wildman–Crippen MR) is 90.0 cm³/mol. The van der Waals surface area contributed by atoms with E-state index in [-0.39, 0.29) is 28.4 Å². The summed E-state index contributed by atoms with van der Waals surface area (Å²) in [5.41, 5.74) is 0. The Morgan fingerprint density at radius 3 is 1.54 bits per heavy atom. The van der Waals surface area contributed by atoms with E-state index >= 15 is 0 Å². The smallest absolute Gasteiger partial charge is 0.196 e. The summed E-state index contributed by atoms with van der Waals surface area (Å²) in [4.78, 5) is 0.00520. The largest absolute Gasteiger partial charge is 0.370 e. The van der Waals surface area contributed by atoms with Crippen LogP contribution < -0.4 is 0 Å². The molecule has 5 nitrogen and oxygen atoms in total. The van der Waals surface area contributed by atoms with Crippen molar-refractivity contribution in [3.63, 3.8) is 0 Å². The maximum atomic E-state index is 13.0. The number of hydrogen-bond donors (Lipinski definition) is 0. The standard InChI is InChI=1S/C17H18O5S2/c1-13-16(22-13)12-17(23(18,19)14-8-4-2-5-9-14)24(20,21)15-10-6-3-7-11-15/h2-11,13,16-17H,12H2,1H3/t13-,16-/m0/s1. The molecule has 7 heteroatoms. The summed E-state index contributed by atoms with van der Waals surface area (Å²) in [6.07, 6.45) is -0.549. The van der Waals surface area contributed by atoms with Crippen LogP contribution in [0.15, 0.2) is 70.5 Å². The van der Waals surface area contributed by atoms with Crippen molar-refractivity contribution in [2.45, 2.75) is 39.9 Å². The van der Waals surface area contributed by atoms with E-state index in [1.807, 2.05) is 0 Å².